The van der Waals surface area contributed by atoms with Crippen molar-refractivity contribution in [1.82, 2.24) is 19.2 Å². The molecule has 2 aromatic carbocycles. The van der Waals surface area contributed by atoms with Crippen LogP contribution in [0.25, 0.3) is 27.5 Å². The summed E-state index contributed by atoms with van der Waals surface area (Å²) >= 11 is 0. The maximum Gasteiger partial charge on any atom is 0.296 e. The number of hydrogen-bond acceptors (Lipinski definition) is 4. The molecule has 4 aromatic rings. The monoisotopic (exact) mass is 444 g/mol. The number of rotatable bonds is 3. The predicted octanol–water partition coefficient (Wildman–Crippen LogP) is 4.00. The van der Waals surface area contributed by atoms with Crippen molar-refractivity contribution in [2.24, 2.45) is 18.9 Å². The maximum atomic E-state index is 13.9. The van der Waals surface area contributed by atoms with Gasteiger partial charge in [-0.25, -0.2) is 0 Å². The molecule has 0 N–H and O–H groups in total. The van der Waals surface area contributed by atoms with Gasteiger partial charge in [0.15, 0.2) is 5.69 Å². The van der Waals surface area contributed by atoms with Crippen molar-refractivity contribution in [2.75, 3.05) is 20.2 Å². The molecule has 0 bridgehead atoms. The summed E-state index contributed by atoms with van der Waals surface area (Å²) < 4.78 is 8.46. The number of aromatic nitrogens is 3. The third kappa shape index (κ3) is 3.48. The van der Waals surface area contributed by atoms with E-state index >= 15 is 0 Å². The lowest BCUT2D eigenvalue weighted by Gasteiger charge is -2.34. The van der Waals surface area contributed by atoms with Crippen molar-refractivity contribution in [1.29, 1.82) is 0 Å². The molecule has 0 radical (unpaired) electrons. The summed E-state index contributed by atoms with van der Waals surface area (Å²) in [4.78, 5) is 29.4. The minimum absolute atomic E-state index is 0.128. The fourth-order valence-electron chi connectivity index (χ4n) is 5.21. The van der Waals surface area contributed by atoms with Crippen LogP contribution in [0.1, 0.15) is 30.8 Å². The zero-order valence-electron chi connectivity index (χ0n) is 19.4. The third-order valence-corrected chi connectivity index (χ3v) is 6.61. The molecule has 1 saturated heterocycles. The summed E-state index contributed by atoms with van der Waals surface area (Å²) in [5.41, 5.74) is 2.02. The van der Waals surface area contributed by atoms with Crippen LogP contribution in [0.4, 0.5) is 0 Å². The molecule has 0 saturated carbocycles. The molecule has 2 aromatic heterocycles. The zero-order chi connectivity index (χ0) is 23.3. The number of para-hydroxylation sites is 1. The molecule has 5 rings (SSSR count). The first-order valence-electron chi connectivity index (χ1n) is 11.3. The second-order valence-electron chi connectivity index (χ2n) is 9.22. The van der Waals surface area contributed by atoms with Crippen molar-refractivity contribution in [2.45, 2.75) is 20.3 Å². The van der Waals surface area contributed by atoms with Gasteiger partial charge in [0.2, 0.25) is 0 Å². The van der Waals surface area contributed by atoms with E-state index < -0.39 is 0 Å². The van der Waals surface area contributed by atoms with Gasteiger partial charge in [-0.3, -0.25) is 9.59 Å². The van der Waals surface area contributed by atoms with E-state index in [9.17, 15) is 9.59 Å². The fourth-order valence-corrected chi connectivity index (χ4v) is 5.21. The van der Waals surface area contributed by atoms with E-state index in [4.69, 9.17) is 4.74 Å². The Morgan fingerprint density at radius 3 is 2.36 bits per heavy atom. The Hall–Kier alpha value is -3.61. The van der Waals surface area contributed by atoms with Gasteiger partial charge in [0.05, 0.1) is 12.8 Å². The summed E-state index contributed by atoms with van der Waals surface area (Å²) in [6.07, 6.45) is 1.10. The fraction of sp³-hybridized carbons (Fsp3) is 0.346. The molecule has 1 fully saturated rings. The lowest BCUT2D eigenvalue weighted by atomic mass is 9.91. The van der Waals surface area contributed by atoms with Crippen molar-refractivity contribution in [3.8, 4) is 11.4 Å². The standard InChI is InChI=1S/C26H28N4O3/c1-16-13-17(2)15-29(14-16)25(31)23-22-20-7-5-6-8-21(20)28(3)24(22)26(32)30(27-23)18-9-11-19(33-4)12-10-18/h5-12,16-17H,13-15H2,1-4H3/t16-,17+. The Morgan fingerprint density at radius 1 is 1.03 bits per heavy atom. The highest BCUT2D eigenvalue weighted by Crippen LogP contribution is 2.30. The molecule has 170 valence electrons. The van der Waals surface area contributed by atoms with E-state index in [0.717, 1.165) is 17.3 Å². The molecular formula is C26H28N4O3. The van der Waals surface area contributed by atoms with Crippen molar-refractivity contribution >= 4 is 27.7 Å². The average molecular weight is 445 g/mol. The number of carbonyl (C=O) groups is 1. The van der Waals surface area contributed by atoms with E-state index in [1.54, 1.807) is 31.4 Å². The molecule has 1 aliphatic heterocycles. The van der Waals surface area contributed by atoms with Gasteiger partial charge in [-0.15, -0.1) is 0 Å². The lowest BCUT2D eigenvalue weighted by molar-refractivity contribution is 0.0617. The number of methoxy groups -OCH3 is 1. The van der Waals surface area contributed by atoms with Crippen LogP contribution >= 0.6 is 0 Å². The first-order valence-corrected chi connectivity index (χ1v) is 11.3. The van der Waals surface area contributed by atoms with E-state index in [-0.39, 0.29) is 11.5 Å². The highest BCUT2D eigenvalue weighted by molar-refractivity contribution is 6.16. The quantitative estimate of drug-likeness (QED) is 0.479. The smallest absolute Gasteiger partial charge is 0.296 e. The number of hydrogen-bond donors (Lipinski definition) is 0. The molecule has 7 nitrogen and oxygen atoms in total. The number of ether oxygens (including phenoxy) is 1. The minimum atomic E-state index is -0.259. The highest BCUT2D eigenvalue weighted by Gasteiger charge is 2.30. The third-order valence-electron chi connectivity index (χ3n) is 6.61. The van der Waals surface area contributed by atoms with Crippen LogP contribution in [-0.4, -0.2) is 45.4 Å². The topological polar surface area (TPSA) is 69.4 Å². The average Bonchev–Trinajstić information content (AvgIpc) is 3.12. The summed E-state index contributed by atoms with van der Waals surface area (Å²) in [5.74, 6) is 1.41. The number of benzene rings is 2. The van der Waals surface area contributed by atoms with Gasteiger partial charge in [-0.2, -0.15) is 9.78 Å². The molecule has 33 heavy (non-hydrogen) atoms. The normalized spacial score (nSPS) is 18.7. The van der Waals surface area contributed by atoms with Gasteiger partial charge in [0.1, 0.15) is 11.3 Å². The van der Waals surface area contributed by atoms with Gasteiger partial charge in [-0.1, -0.05) is 32.0 Å². The predicted molar refractivity (Wildman–Crippen MR) is 129 cm³/mol. The summed E-state index contributed by atoms with van der Waals surface area (Å²) in [6.45, 7) is 5.74. The van der Waals surface area contributed by atoms with E-state index in [1.807, 2.05) is 40.8 Å². The summed E-state index contributed by atoms with van der Waals surface area (Å²) in [5, 5.41) is 6.16. The van der Waals surface area contributed by atoms with Gasteiger partial charge >= 0.3 is 0 Å². The number of likely N-dealkylation sites (tertiary alicyclic amines) is 1. The Kier molecular flexibility index (Phi) is 5.19. The molecule has 0 unspecified atom stereocenters. The second kappa shape index (κ2) is 8.06. The number of piperidine rings is 1. The largest absolute Gasteiger partial charge is 0.497 e. The van der Waals surface area contributed by atoms with Crippen LogP contribution in [-0.2, 0) is 7.05 Å². The minimum Gasteiger partial charge on any atom is -0.497 e. The second-order valence-corrected chi connectivity index (χ2v) is 9.22. The van der Waals surface area contributed by atoms with Crippen LogP contribution in [0, 0.1) is 11.8 Å². The highest BCUT2D eigenvalue weighted by atomic mass is 16.5. The van der Waals surface area contributed by atoms with Gasteiger partial charge in [-0.05, 0) is 48.6 Å². The van der Waals surface area contributed by atoms with E-state index in [0.29, 0.717) is 53.0 Å². The molecule has 0 aliphatic carbocycles. The number of aryl methyl sites for hydroxylation is 1. The molecule has 7 heteroatoms. The lowest BCUT2D eigenvalue weighted by Crippen LogP contribution is -2.43. The summed E-state index contributed by atoms with van der Waals surface area (Å²) in [7, 11) is 3.46. The van der Waals surface area contributed by atoms with E-state index in [2.05, 4.69) is 18.9 Å². The molecule has 1 aliphatic rings. The Morgan fingerprint density at radius 2 is 1.70 bits per heavy atom. The number of carbonyl (C=O) groups excluding carboxylic acids is 1. The van der Waals surface area contributed by atoms with Crippen LogP contribution in [0.5, 0.6) is 5.75 Å². The van der Waals surface area contributed by atoms with Crippen molar-refractivity contribution < 1.29 is 9.53 Å². The Bertz CT molecular complexity index is 1410. The Balaban J connectivity index is 1.79. The maximum absolute atomic E-state index is 13.9. The zero-order valence-corrected chi connectivity index (χ0v) is 19.4. The van der Waals surface area contributed by atoms with Crippen LogP contribution in [0.3, 0.4) is 0 Å². The van der Waals surface area contributed by atoms with Crippen LogP contribution < -0.4 is 10.3 Å². The van der Waals surface area contributed by atoms with Gasteiger partial charge < -0.3 is 14.2 Å². The molecular weight excluding hydrogens is 416 g/mol. The van der Waals surface area contributed by atoms with Crippen LogP contribution in [0.15, 0.2) is 53.3 Å². The summed E-state index contributed by atoms with van der Waals surface area (Å²) in [6, 6.07) is 14.9. The first kappa shape index (κ1) is 21.2. The number of amides is 1. The van der Waals surface area contributed by atoms with Gasteiger partial charge in [0.25, 0.3) is 11.5 Å². The Labute approximate surface area is 192 Å². The van der Waals surface area contributed by atoms with Crippen LogP contribution in [0.2, 0.25) is 0 Å². The van der Waals surface area contributed by atoms with E-state index in [1.165, 1.54) is 4.68 Å². The van der Waals surface area contributed by atoms with Crippen molar-refractivity contribution in [3.63, 3.8) is 0 Å². The number of nitrogens with zero attached hydrogens (tertiary/aromatic N) is 4. The number of fused-ring (bicyclic) bond motifs is 3. The molecule has 1 amide bonds. The SMILES string of the molecule is COc1ccc(-n2nc(C(=O)N3C[C@H](C)C[C@H](C)C3)c3c4ccccc4n(C)c3c2=O)cc1. The molecule has 0 spiro atoms. The van der Waals surface area contributed by atoms with Gasteiger partial charge in [0, 0.05) is 36.4 Å². The molecule has 2 atom stereocenters. The van der Waals surface area contributed by atoms with Crippen molar-refractivity contribution in [3.05, 3.63) is 64.6 Å². The molecule has 3 heterocycles. The first-order chi connectivity index (χ1) is 15.9.